The van der Waals surface area contributed by atoms with E-state index in [9.17, 15) is 9.59 Å². The molecule has 0 fully saturated rings. The molecule has 0 amide bonds. The van der Waals surface area contributed by atoms with Gasteiger partial charge in [-0.25, -0.2) is 0 Å². The fourth-order valence-electron chi connectivity index (χ4n) is 2.24. The number of carbonyl (C=O) groups is 2. The number of anilines is 1. The van der Waals surface area contributed by atoms with Gasteiger partial charge in [-0.1, -0.05) is 36.4 Å². The number of fused-ring (bicyclic) bond motifs is 2. The third-order valence-electron chi connectivity index (χ3n) is 3.07. The van der Waals surface area contributed by atoms with Gasteiger partial charge in [-0.05, 0) is 6.07 Å². The molecule has 2 aromatic carbocycles. The fourth-order valence-corrected chi connectivity index (χ4v) is 2.24. The zero-order valence-corrected chi connectivity index (χ0v) is 9.31. The molecule has 18 heavy (non-hydrogen) atoms. The van der Waals surface area contributed by atoms with Gasteiger partial charge in [-0.15, -0.1) is 0 Å². The van der Waals surface area contributed by atoms with Crippen molar-refractivity contribution < 1.29 is 14.8 Å². The van der Waals surface area contributed by atoms with Crippen LogP contribution in [0.1, 0.15) is 31.8 Å². The zero-order valence-electron chi connectivity index (χ0n) is 9.31. The lowest BCUT2D eigenvalue weighted by molar-refractivity contribution is 0.0979. The first kappa shape index (κ1) is 10.7. The Morgan fingerprint density at radius 2 is 1.39 bits per heavy atom. The van der Waals surface area contributed by atoms with Gasteiger partial charge in [0.2, 0.25) is 0 Å². The van der Waals surface area contributed by atoms with E-state index in [1.54, 1.807) is 42.5 Å². The van der Waals surface area contributed by atoms with Gasteiger partial charge < -0.3 is 0 Å². The normalized spacial score (nSPS) is 12.9. The Morgan fingerprint density at radius 1 is 0.778 bits per heavy atom. The van der Waals surface area contributed by atoms with Gasteiger partial charge in [-0.3, -0.25) is 20.3 Å². The molecular formula is C14H9NO3. The van der Waals surface area contributed by atoms with E-state index in [4.69, 9.17) is 5.21 Å². The lowest BCUT2D eigenvalue weighted by Gasteiger charge is -2.19. The smallest absolute Gasteiger partial charge is 0.196 e. The van der Waals surface area contributed by atoms with Crippen LogP contribution in [0.5, 0.6) is 0 Å². The Hall–Kier alpha value is -2.46. The highest BCUT2D eigenvalue weighted by molar-refractivity contribution is 6.30. The minimum atomic E-state index is -0.252. The minimum absolute atomic E-state index is 0.197. The van der Waals surface area contributed by atoms with E-state index in [-0.39, 0.29) is 22.8 Å². The standard InChI is InChI=1S/C14H9NO3/c16-13-8-4-1-2-5-9(8)14(17)12-10(13)6-3-7-11(12)15-18/h1-7,15,18H. The van der Waals surface area contributed by atoms with Crippen molar-refractivity contribution >= 4 is 17.3 Å². The van der Waals surface area contributed by atoms with Crippen molar-refractivity contribution in [1.29, 1.82) is 0 Å². The van der Waals surface area contributed by atoms with E-state index in [0.717, 1.165) is 0 Å². The van der Waals surface area contributed by atoms with Crippen LogP contribution >= 0.6 is 0 Å². The summed E-state index contributed by atoms with van der Waals surface area (Å²) in [5.41, 5.74) is 3.54. The molecule has 4 nitrogen and oxygen atoms in total. The van der Waals surface area contributed by atoms with Gasteiger partial charge in [0.15, 0.2) is 11.6 Å². The van der Waals surface area contributed by atoms with E-state index in [1.165, 1.54) is 0 Å². The number of rotatable bonds is 1. The lowest BCUT2D eigenvalue weighted by atomic mass is 9.83. The molecule has 88 valence electrons. The summed E-state index contributed by atoms with van der Waals surface area (Å²) in [6, 6.07) is 11.5. The third kappa shape index (κ3) is 1.30. The van der Waals surface area contributed by atoms with E-state index in [2.05, 4.69) is 0 Å². The van der Waals surface area contributed by atoms with Crippen molar-refractivity contribution in [3.63, 3.8) is 0 Å². The van der Waals surface area contributed by atoms with Crippen molar-refractivity contribution in [2.45, 2.75) is 0 Å². The molecule has 0 saturated carbocycles. The highest BCUT2D eigenvalue weighted by Crippen LogP contribution is 2.31. The molecular weight excluding hydrogens is 230 g/mol. The van der Waals surface area contributed by atoms with E-state index >= 15 is 0 Å². The first-order chi connectivity index (χ1) is 8.74. The second-order valence-corrected chi connectivity index (χ2v) is 4.04. The van der Waals surface area contributed by atoms with Crippen molar-refractivity contribution in [1.82, 2.24) is 0 Å². The molecule has 0 aliphatic heterocycles. The average Bonchev–Trinajstić information content (AvgIpc) is 2.44. The molecule has 2 N–H and O–H groups in total. The predicted octanol–water partition coefficient (Wildman–Crippen LogP) is 2.26. The Kier molecular flexibility index (Phi) is 2.25. The first-order valence-corrected chi connectivity index (χ1v) is 5.45. The Balaban J connectivity index is 2.34. The van der Waals surface area contributed by atoms with Gasteiger partial charge in [0.1, 0.15) is 0 Å². The molecule has 0 aromatic heterocycles. The molecule has 2 aromatic rings. The van der Waals surface area contributed by atoms with Crippen molar-refractivity contribution in [2.24, 2.45) is 0 Å². The van der Waals surface area contributed by atoms with Crippen LogP contribution in [0.2, 0.25) is 0 Å². The number of carbonyl (C=O) groups excluding carboxylic acids is 2. The number of nitrogens with one attached hydrogen (secondary N) is 1. The molecule has 0 bridgehead atoms. The Morgan fingerprint density at radius 3 is 2.06 bits per heavy atom. The highest BCUT2D eigenvalue weighted by atomic mass is 16.5. The Labute approximate surface area is 103 Å². The molecule has 0 atom stereocenters. The molecule has 0 spiro atoms. The summed E-state index contributed by atoms with van der Waals surface area (Å²) in [5.74, 6) is -0.449. The van der Waals surface area contributed by atoms with Gasteiger partial charge in [-0.2, -0.15) is 0 Å². The van der Waals surface area contributed by atoms with E-state index in [0.29, 0.717) is 16.7 Å². The van der Waals surface area contributed by atoms with Crippen LogP contribution in [0.4, 0.5) is 5.69 Å². The maximum Gasteiger partial charge on any atom is 0.196 e. The van der Waals surface area contributed by atoms with Crippen LogP contribution in [0.15, 0.2) is 42.5 Å². The molecule has 1 aliphatic carbocycles. The average molecular weight is 239 g/mol. The number of hydrogen-bond acceptors (Lipinski definition) is 4. The summed E-state index contributed by atoms with van der Waals surface area (Å²) < 4.78 is 0. The van der Waals surface area contributed by atoms with Crippen molar-refractivity contribution in [2.75, 3.05) is 5.48 Å². The molecule has 4 heteroatoms. The lowest BCUT2D eigenvalue weighted by Crippen LogP contribution is -2.22. The molecule has 0 heterocycles. The summed E-state index contributed by atoms with van der Waals surface area (Å²) in [4.78, 5) is 24.6. The van der Waals surface area contributed by atoms with Gasteiger partial charge in [0, 0.05) is 16.7 Å². The molecule has 1 aliphatic rings. The highest BCUT2D eigenvalue weighted by Gasteiger charge is 2.31. The molecule has 3 rings (SSSR count). The van der Waals surface area contributed by atoms with E-state index in [1.807, 2.05) is 5.48 Å². The van der Waals surface area contributed by atoms with Crippen LogP contribution < -0.4 is 5.48 Å². The zero-order chi connectivity index (χ0) is 12.7. The van der Waals surface area contributed by atoms with E-state index < -0.39 is 0 Å². The predicted molar refractivity (Wildman–Crippen MR) is 65.2 cm³/mol. The van der Waals surface area contributed by atoms with Gasteiger partial charge in [0.05, 0.1) is 11.3 Å². The second kappa shape index (κ2) is 3.78. The topological polar surface area (TPSA) is 66.4 Å². The second-order valence-electron chi connectivity index (χ2n) is 4.04. The van der Waals surface area contributed by atoms with Crippen LogP contribution in [-0.4, -0.2) is 16.8 Å². The maximum absolute atomic E-state index is 12.3. The minimum Gasteiger partial charge on any atom is -0.291 e. The van der Waals surface area contributed by atoms with Crippen molar-refractivity contribution in [3.8, 4) is 0 Å². The first-order valence-electron chi connectivity index (χ1n) is 5.45. The summed E-state index contributed by atoms with van der Waals surface area (Å²) in [6.07, 6.45) is 0. The molecule has 0 saturated heterocycles. The number of hydrogen-bond donors (Lipinski definition) is 2. The Bertz CT molecular complexity index is 676. The summed E-state index contributed by atoms with van der Waals surface area (Å²) in [7, 11) is 0. The molecule has 0 radical (unpaired) electrons. The molecule has 0 unspecified atom stereocenters. The SMILES string of the molecule is O=C1c2ccccc2C(=O)c2c(NO)cccc21. The quantitative estimate of drug-likeness (QED) is 0.639. The summed E-state index contributed by atoms with van der Waals surface area (Å²) >= 11 is 0. The van der Waals surface area contributed by atoms with Crippen molar-refractivity contribution in [3.05, 3.63) is 64.7 Å². The number of ketones is 2. The number of benzene rings is 2. The van der Waals surface area contributed by atoms with Gasteiger partial charge >= 0.3 is 0 Å². The van der Waals surface area contributed by atoms with Gasteiger partial charge in [0.25, 0.3) is 0 Å². The largest absolute Gasteiger partial charge is 0.291 e. The maximum atomic E-state index is 12.3. The van der Waals surface area contributed by atoms with Crippen LogP contribution in [-0.2, 0) is 0 Å². The third-order valence-corrected chi connectivity index (χ3v) is 3.07. The summed E-state index contributed by atoms with van der Waals surface area (Å²) in [5, 5.41) is 9.03. The monoisotopic (exact) mass is 239 g/mol. The van der Waals surface area contributed by atoms with Crippen LogP contribution in [0.25, 0.3) is 0 Å². The van der Waals surface area contributed by atoms with Crippen LogP contribution in [0.3, 0.4) is 0 Å². The summed E-state index contributed by atoms with van der Waals surface area (Å²) in [6.45, 7) is 0. The fraction of sp³-hybridized carbons (Fsp3) is 0. The van der Waals surface area contributed by atoms with Crippen LogP contribution in [0, 0.1) is 0 Å².